The zero-order chi connectivity index (χ0) is 19.2. The molecule has 1 heterocycles. The number of nitrogens with two attached hydrogens (primary N) is 1. The Morgan fingerprint density at radius 2 is 1.86 bits per heavy atom. The van der Waals surface area contributed by atoms with Crippen LogP contribution in [0.4, 0.5) is 5.95 Å². The third-order valence-electron chi connectivity index (χ3n) is 3.74. The Kier molecular flexibility index (Phi) is 9.54. The molecule has 3 N–H and O–H groups in total. The van der Waals surface area contributed by atoms with E-state index in [0.29, 0.717) is 34.9 Å². The zero-order valence-electron chi connectivity index (χ0n) is 15.7. The molecule has 0 atom stereocenters. The van der Waals surface area contributed by atoms with E-state index in [1.165, 1.54) is 4.68 Å². The molecule has 156 valence electrons. The van der Waals surface area contributed by atoms with Crippen LogP contribution in [0.3, 0.4) is 0 Å². The predicted octanol–water partition coefficient (Wildman–Crippen LogP) is 3.83. The van der Waals surface area contributed by atoms with Crippen molar-refractivity contribution in [1.29, 1.82) is 0 Å². The predicted molar refractivity (Wildman–Crippen MR) is 119 cm³/mol. The summed E-state index contributed by atoms with van der Waals surface area (Å²) in [4.78, 5) is 0. The van der Waals surface area contributed by atoms with Gasteiger partial charge >= 0.3 is 0 Å². The Bertz CT molecular complexity index is 947. The SMILES string of the molecule is COc1cc(C=NNc2nnc(C)n2N)ccc1OCc1ccc(Cl)cc1.Cl.Cl. The van der Waals surface area contributed by atoms with Crippen LogP contribution < -0.4 is 20.7 Å². The molecular weight excluding hydrogens is 439 g/mol. The summed E-state index contributed by atoms with van der Waals surface area (Å²) < 4.78 is 12.6. The van der Waals surface area contributed by atoms with Crippen LogP contribution in [0, 0.1) is 6.92 Å². The van der Waals surface area contributed by atoms with Crippen molar-refractivity contribution in [3.8, 4) is 11.5 Å². The van der Waals surface area contributed by atoms with Crippen LogP contribution in [-0.2, 0) is 6.61 Å². The summed E-state index contributed by atoms with van der Waals surface area (Å²) in [5.74, 6) is 7.91. The molecule has 1 aromatic heterocycles. The summed E-state index contributed by atoms with van der Waals surface area (Å²) in [5.41, 5.74) is 4.57. The highest BCUT2D eigenvalue weighted by Gasteiger charge is 2.06. The number of hydrogen-bond acceptors (Lipinski definition) is 7. The molecule has 0 radical (unpaired) electrons. The molecule has 0 unspecified atom stereocenters. The van der Waals surface area contributed by atoms with E-state index in [9.17, 15) is 0 Å². The van der Waals surface area contributed by atoms with E-state index >= 15 is 0 Å². The Labute approximate surface area is 185 Å². The number of nitrogens with zero attached hydrogens (tertiary/aromatic N) is 4. The molecule has 0 saturated carbocycles. The molecule has 8 nitrogen and oxygen atoms in total. The molecule has 2 aromatic carbocycles. The average Bonchev–Trinajstić information content (AvgIpc) is 3.00. The Hall–Kier alpha value is -2.68. The number of nitrogens with one attached hydrogen (secondary N) is 1. The Morgan fingerprint density at radius 1 is 1.14 bits per heavy atom. The lowest BCUT2D eigenvalue weighted by molar-refractivity contribution is 0.284. The third kappa shape index (κ3) is 6.42. The molecule has 0 bridgehead atoms. The molecule has 0 fully saturated rings. The van der Waals surface area contributed by atoms with Crippen LogP contribution in [-0.4, -0.2) is 28.2 Å². The minimum Gasteiger partial charge on any atom is -0.493 e. The van der Waals surface area contributed by atoms with Gasteiger partial charge in [-0.15, -0.1) is 35.0 Å². The quantitative estimate of drug-likeness (QED) is 0.316. The van der Waals surface area contributed by atoms with Gasteiger partial charge in [0, 0.05) is 5.02 Å². The first-order valence-corrected chi connectivity index (χ1v) is 8.46. The van der Waals surface area contributed by atoms with Crippen molar-refractivity contribution >= 4 is 48.6 Å². The number of ether oxygens (including phenoxy) is 2. The smallest absolute Gasteiger partial charge is 0.263 e. The van der Waals surface area contributed by atoms with Gasteiger partial charge in [0.25, 0.3) is 5.95 Å². The summed E-state index contributed by atoms with van der Waals surface area (Å²) in [5, 5.41) is 12.5. The first kappa shape index (κ1) is 24.4. The van der Waals surface area contributed by atoms with Gasteiger partial charge in [0.15, 0.2) is 17.3 Å². The summed E-state index contributed by atoms with van der Waals surface area (Å²) in [6.07, 6.45) is 1.62. The van der Waals surface area contributed by atoms with E-state index in [2.05, 4.69) is 20.7 Å². The molecular formula is C18H21Cl3N6O2. The lowest BCUT2D eigenvalue weighted by atomic mass is 10.2. The third-order valence-corrected chi connectivity index (χ3v) is 3.99. The minimum absolute atomic E-state index is 0. The molecule has 0 saturated heterocycles. The average molecular weight is 460 g/mol. The van der Waals surface area contributed by atoms with Gasteiger partial charge in [-0.05, 0) is 48.4 Å². The van der Waals surface area contributed by atoms with E-state index in [1.54, 1.807) is 20.2 Å². The number of benzene rings is 2. The monoisotopic (exact) mass is 458 g/mol. The summed E-state index contributed by atoms with van der Waals surface area (Å²) >= 11 is 5.89. The lowest BCUT2D eigenvalue weighted by Crippen LogP contribution is -2.13. The maximum atomic E-state index is 5.89. The van der Waals surface area contributed by atoms with Crippen LogP contribution in [0.1, 0.15) is 17.0 Å². The minimum atomic E-state index is 0. The molecule has 11 heteroatoms. The maximum Gasteiger partial charge on any atom is 0.263 e. The Balaban J connectivity index is 0.00000210. The number of aryl methyl sites for hydroxylation is 1. The van der Waals surface area contributed by atoms with Gasteiger partial charge in [0.1, 0.15) is 6.61 Å². The van der Waals surface area contributed by atoms with E-state index < -0.39 is 0 Å². The number of rotatable bonds is 7. The number of anilines is 1. The molecule has 0 spiro atoms. The molecule has 3 rings (SSSR count). The molecule has 0 amide bonds. The van der Waals surface area contributed by atoms with Crippen molar-refractivity contribution in [3.05, 3.63) is 64.4 Å². The molecule has 0 aliphatic carbocycles. The van der Waals surface area contributed by atoms with Gasteiger partial charge in [-0.1, -0.05) is 23.7 Å². The number of nitrogen functional groups attached to an aromatic ring is 1. The topological polar surface area (TPSA) is 99.6 Å². The van der Waals surface area contributed by atoms with Crippen LogP contribution in [0.15, 0.2) is 47.6 Å². The highest BCUT2D eigenvalue weighted by molar-refractivity contribution is 6.30. The van der Waals surface area contributed by atoms with Crippen molar-refractivity contribution in [3.63, 3.8) is 0 Å². The fourth-order valence-electron chi connectivity index (χ4n) is 2.24. The molecule has 0 aliphatic heterocycles. The number of hydrogen-bond donors (Lipinski definition) is 2. The van der Waals surface area contributed by atoms with Crippen molar-refractivity contribution < 1.29 is 9.47 Å². The van der Waals surface area contributed by atoms with Crippen LogP contribution in [0.25, 0.3) is 0 Å². The van der Waals surface area contributed by atoms with E-state index in [4.69, 9.17) is 26.9 Å². The highest BCUT2D eigenvalue weighted by atomic mass is 35.5. The van der Waals surface area contributed by atoms with E-state index in [0.717, 1.165) is 11.1 Å². The second-order valence-electron chi connectivity index (χ2n) is 5.64. The fourth-order valence-corrected chi connectivity index (χ4v) is 2.36. The maximum absolute atomic E-state index is 5.89. The summed E-state index contributed by atoms with van der Waals surface area (Å²) in [6.45, 7) is 2.16. The van der Waals surface area contributed by atoms with E-state index in [1.807, 2.05) is 42.5 Å². The van der Waals surface area contributed by atoms with Gasteiger partial charge in [0.05, 0.1) is 13.3 Å². The van der Waals surface area contributed by atoms with Crippen molar-refractivity contribution in [2.45, 2.75) is 13.5 Å². The summed E-state index contributed by atoms with van der Waals surface area (Å²) in [6, 6.07) is 13.0. The second-order valence-corrected chi connectivity index (χ2v) is 6.07. The highest BCUT2D eigenvalue weighted by Crippen LogP contribution is 2.28. The van der Waals surface area contributed by atoms with Gasteiger partial charge in [-0.25, -0.2) is 10.1 Å². The normalized spacial score (nSPS) is 10.2. The van der Waals surface area contributed by atoms with Crippen molar-refractivity contribution in [1.82, 2.24) is 14.9 Å². The Morgan fingerprint density at radius 3 is 2.48 bits per heavy atom. The lowest BCUT2D eigenvalue weighted by Gasteiger charge is -2.11. The number of methoxy groups -OCH3 is 1. The van der Waals surface area contributed by atoms with Crippen LogP contribution in [0.5, 0.6) is 11.5 Å². The largest absolute Gasteiger partial charge is 0.493 e. The van der Waals surface area contributed by atoms with Gasteiger partial charge in [-0.2, -0.15) is 5.10 Å². The fraction of sp³-hybridized carbons (Fsp3) is 0.167. The first-order valence-electron chi connectivity index (χ1n) is 8.08. The summed E-state index contributed by atoms with van der Waals surface area (Å²) in [7, 11) is 1.59. The molecule has 29 heavy (non-hydrogen) atoms. The standard InChI is InChI=1S/C18H19ClN6O2.2ClH/c1-12-22-24-18(25(12)20)23-21-10-14-5-8-16(17(9-14)26-2)27-11-13-3-6-15(19)7-4-13;;/h3-10H,11,20H2,1-2H3,(H,23,24);2*1H. The van der Waals surface area contributed by atoms with Crippen molar-refractivity contribution in [2.75, 3.05) is 18.4 Å². The zero-order valence-corrected chi connectivity index (χ0v) is 18.1. The number of halogens is 3. The molecule has 0 aliphatic rings. The van der Waals surface area contributed by atoms with Gasteiger partial charge in [0.2, 0.25) is 0 Å². The van der Waals surface area contributed by atoms with Crippen LogP contribution >= 0.6 is 36.4 Å². The van der Waals surface area contributed by atoms with Gasteiger partial charge < -0.3 is 15.3 Å². The second kappa shape index (κ2) is 11.4. The van der Waals surface area contributed by atoms with Gasteiger partial charge in [-0.3, -0.25) is 0 Å². The van der Waals surface area contributed by atoms with Crippen molar-refractivity contribution in [2.24, 2.45) is 5.10 Å². The number of aromatic nitrogens is 3. The molecule has 3 aromatic rings. The first-order chi connectivity index (χ1) is 13.1. The van der Waals surface area contributed by atoms with Crippen LogP contribution in [0.2, 0.25) is 5.02 Å². The van der Waals surface area contributed by atoms with E-state index in [-0.39, 0.29) is 24.8 Å². The number of hydrazone groups is 1.